The second-order valence-electron chi connectivity index (χ2n) is 2.35. The van der Waals surface area contributed by atoms with E-state index in [0.29, 0.717) is 11.4 Å². The highest BCUT2D eigenvalue weighted by Crippen LogP contribution is 2.17. The van der Waals surface area contributed by atoms with Crippen molar-refractivity contribution in [1.82, 2.24) is 0 Å². The van der Waals surface area contributed by atoms with Gasteiger partial charge < -0.3 is 10.8 Å². The zero-order valence-electron chi connectivity index (χ0n) is 7.10. The van der Waals surface area contributed by atoms with Crippen molar-refractivity contribution in [2.24, 2.45) is 0 Å². The van der Waals surface area contributed by atoms with Crippen LogP contribution in [0.2, 0.25) is 0 Å². The molecule has 1 aromatic rings. The standard InChI is InChI=1S/C8H10N2O3/c1-13-10(8(11)12)7-4-2-3-6(9)5-7/h2-5H,9H2,1H3,(H,11,12). The van der Waals surface area contributed by atoms with Crippen molar-refractivity contribution >= 4 is 17.5 Å². The van der Waals surface area contributed by atoms with Crippen molar-refractivity contribution < 1.29 is 14.7 Å². The number of hydroxylamine groups is 1. The number of amides is 1. The first-order valence-corrected chi connectivity index (χ1v) is 3.58. The Balaban J connectivity index is 2.98. The zero-order chi connectivity index (χ0) is 9.84. The molecule has 5 nitrogen and oxygen atoms in total. The van der Waals surface area contributed by atoms with Crippen LogP contribution in [0.5, 0.6) is 0 Å². The predicted octanol–water partition coefficient (Wildman–Crippen LogP) is 1.31. The SMILES string of the molecule is CON(C(=O)O)c1cccc(N)c1. The van der Waals surface area contributed by atoms with Crippen LogP contribution < -0.4 is 10.8 Å². The first kappa shape index (κ1) is 9.34. The summed E-state index contributed by atoms with van der Waals surface area (Å²) in [6, 6.07) is 6.42. The van der Waals surface area contributed by atoms with Crippen molar-refractivity contribution in [2.45, 2.75) is 0 Å². The van der Waals surface area contributed by atoms with Crippen LogP contribution in [0, 0.1) is 0 Å². The fourth-order valence-electron chi connectivity index (χ4n) is 0.945. The maximum Gasteiger partial charge on any atom is 0.436 e. The molecule has 0 bridgehead atoms. The van der Waals surface area contributed by atoms with Crippen LogP contribution in [-0.4, -0.2) is 18.3 Å². The van der Waals surface area contributed by atoms with Crippen LogP contribution in [0.3, 0.4) is 0 Å². The number of anilines is 2. The maximum atomic E-state index is 10.6. The minimum absolute atomic E-state index is 0.384. The summed E-state index contributed by atoms with van der Waals surface area (Å²) in [6.45, 7) is 0. The lowest BCUT2D eigenvalue weighted by Crippen LogP contribution is -2.27. The molecule has 5 heteroatoms. The number of nitrogen functional groups attached to an aromatic ring is 1. The van der Waals surface area contributed by atoms with Crippen LogP contribution in [0.1, 0.15) is 0 Å². The van der Waals surface area contributed by atoms with Gasteiger partial charge in [-0.3, -0.25) is 4.84 Å². The Kier molecular flexibility index (Phi) is 2.71. The highest BCUT2D eigenvalue weighted by Gasteiger charge is 2.13. The molecule has 0 unspecified atom stereocenters. The van der Waals surface area contributed by atoms with Gasteiger partial charge in [-0.1, -0.05) is 6.07 Å². The van der Waals surface area contributed by atoms with E-state index in [4.69, 9.17) is 10.8 Å². The fourth-order valence-corrected chi connectivity index (χ4v) is 0.945. The zero-order valence-corrected chi connectivity index (χ0v) is 7.10. The second-order valence-corrected chi connectivity index (χ2v) is 2.35. The van der Waals surface area contributed by atoms with Gasteiger partial charge >= 0.3 is 6.09 Å². The molecule has 0 aromatic heterocycles. The van der Waals surface area contributed by atoms with E-state index in [0.717, 1.165) is 5.06 Å². The number of hydrogen-bond acceptors (Lipinski definition) is 3. The molecule has 0 fully saturated rings. The minimum atomic E-state index is -1.19. The van der Waals surface area contributed by atoms with Crippen LogP contribution in [0.4, 0.5) is 16.2 Å². The minimum Gasteiger partial charge on any atom is -0.463 e. The Bertz CT molecular complexity index is 314. The van der Waals surface area contributed by atoms with E-state index < -0.39 is 6.09 Å². The van der Waals surface area contributed by atoms with Crippen molar-refractivity contribution in [3.8, 4) is 0 Å². The molecule has 0 aliphatic rings. The van der Waals surface area contributed by atoms with Gasteiger partial charge in [0.1, 0.15) is 0 Å². The maximum absolute atomic E-state index is 10.6. The molecule has 0 heterocycles. The van der Waals surface area contributed by atoms with Crippen molar-refractivity contribution in [1.29, 1.82) is 0 Å². The van der Waals surface area contributed by atoms with E-state index in [1.165, 1.54) is 13.2 Å². The topological polar surface area (TPSA) is 75.8 Å². The van der Waals surface area contributed by atoms with E-state index in [-0.39, 0.29) is 0 Å². The molecular weight excluding hydrogens is 172 g/mol. The Hall–Kier alpha value is -1.75. The molecule has 1 amide bonds. The lowest BCUT2D eigenvalue weighted by atomic mass is 10.3. The van der Waals surface area contributed by atoms with Gasteiger partial charge in [0.2, 0.25) is 0 Å². The van der Waals surface area contributed by atoms with E-state index in [1.807, 2.05) is 0 Å². The van der Waals surface area contributed by atoms with Gasteiger partial charge in [0.05, 0.1) is 12.8 Å². The molecule has 0 spiro atoms. The first-order chi connectivity index (χ1) is 6.15. The van der Waals surface area contributed by atoms with Crippen LogP contribution in [-0.2, 0) is 4.84 Å². The molecule has 0 saturated heterocycles. The monoisotopic (exact) mass is 182 g/mol. The molecule has 13 heavy (non-hydrogen) atoms. The van der Waals surface area contributed by atoms with Crippen LogP contribution in [0.15, 0.2) is 24.3 Å². The highest BCUT2D eigenvalue weighted by atomic mass is 16.7. The van der Waals surface area contributed by atoms with Crippen molar-refractivity contribution in [3.63, 3.8) is 0 Å². The molecule has 0 aliphatic carbocycles. The van der Waals surface area contributed by atoms with Gasteiger partial charge in [-0.25, -0.2) is 4.79 Å². The number of carbonyl (C=O) groups is 1. The number of rotatable bonds is 2. The summed E-state index contributed by atoms with van der Waals surface area (Å²) in [5.41, 5.74) is 6.35. The largest absolute Gasteiger partial charge is 0.463 e. The predicted molar refractivity (Wildman–Crippen MR) is 48.4 cm³/mol. The fraction of sp³-hybridized carbons (Fsp3) is 0.125. The van der Waals surface area contributed by atoms with Crippen LogP contribution in [0.25, 0.3) is 0 Å². The van der Waals surface area contributed by atoms with E-state index in [2.05, 4.69) is 4.84 Å². The lowest BCUT2D eigenvalue weighted by Gasteiger charge is -2.15. The molecule has 1 rings (SSSR count). The summed E-state index contributed by atoms with van der Waals surface area (Å²) < 4.78 is 0. The van der Waals surface area contributed by atoms with E-state index in [1.54, 1.807) is 18.2 Å². The normalized spacial score (nSPS) is 9.62. The van der Waals surface area contributed by atoms with Gasteiger partial charge in [0.15, 0.2) is 0 Å². The van der Waals surface area contributed by atoms with Crippen molar-refractivity contribution in [2.75, 3.05) is 17.9 Å². The highest BCUT2D eigenvalue weighted by molar-refractivity contribution is 5.84. The summed E-state index contributed by atoms with van der Waals surface area (Å²) in [6.07, 6.45) is -1.19. The smallest absolute Gasteiger partial charge is 0.436 e. The Morgan fingerprint density at radius 1 is 1.62 bits per heavy atom. The third-order valence-electron chi connectivity index (χ3n) is 1.46. The third kappa shape index (κ3) is 2.09. The summed E-state index contributed by atoms with van der Waals surface area (Å²) in [7, 11) is 1.28. The van der Waals surface area contributed by atoms with Gasteiger partial charge in [-0.05, 0) is 18.2 Å². The van der Waals surface area contributed by atoms with Gasteiger partial charge in [-0.2, -0.15) is 5.06 Å². The summed E-state index contributed by atoms with van der Waals surface area (Å²) in [4.78, 5) is 15.2. The average Bonchev–Trinajstić information content (AvgIpc) is 2.04. The molecule has 0 radical (unpaired) electrons. The summed E-state index contributed by atoms with van der Waals surface area (Å²) in [5, 5.41) is 9.41. The molecule has 0 atom stereocenters. The summed E-state index contributed by atoms with van der Waals surface area (Å²) in [5.74, 6) is 0. The molecule has 70 valence electrons. The molecular formula is C8H10N2O3. The number of benzene rings is 1. The molecule has 0 saturated carbocycles. The Morgan fingerprint density at radius 3 is 2.77 bits per heavy atom. The first-order valence-electron chi connectivity index (χ1n) is 3.58. The molecule has 3 N–H and O–H groups in total. The Morgan fingerprint density at radius 2 is 2.31 bits per heavy atom. The van der Waals surface area contributed by atoms with E-state index >= 15 is 0 Å². The second kappa shape index (κ2) is 3.77. The lowest BCUT2D eigenvalue weighted by molar-refractivity contribution is 0.130. The van der Waals surface area contributed by atoms with Crippen LogP contribution >= 0.6 is 0 Å². The van der Waals surface area contributed by atoms with E-state index in [9.17, 15) is 4.79 Å². The molecule has 0 aliphatic heterocycles. The average molecular weight is 182 g/mol. The number of carboxylic acid groups (broad SMARTS) is 1. The van der Waals surface area contributed by atoms with Gasteiger partial charge in [0, 0.05) is 5.69 Å². The van der Waals surface area contributed by atoms with Gasteiger partial charge in [-0.15, -0.1) is 0 Å². The van der Waals surface area contributed by atoms with Gasteiger partial charge in [0.25, 0.3) is 0 Å². The van der Waals surface area contributed by atoms with Crippen molar-refractivity contribution in [3.05, 3.63) is 24.3 Å². The number of nitrogens with zero attached hydrogens (tertiary/aromatic N) is 1. The molecule has 1 aromatic carbocycles. The Labute approximate surface area is 75.3 Å². The third-order valence-corrected chi connectivity index (χ3v) is 1.46. The number of hydrogen-bond donors (Lipinski definition) is 2. The summed E-state index contributed by atoms with van der Waals surface area (Å²) >= 11 is 0. The number of nitrogens with two attached hydrogens (primary N) is 1. The quantitative estimate of drug-likeness (QED) is 0.534.